The van der Waals surface area contributed by atoms with Crippen molar-refractivity contribution in [3.05, 3.63) is 76.0 Å². The van der Waals surface area contributed by atoms with Gasteiger partial charge in [0.2, 0.25) is 0 Å². The van der Waals surface area contributed by atoms with Crippen molar-refractivity contribution >= 4 is 11.7 Å². The van der Waals surface area contributed by atoms with Crippen molar-refractivity contribution in [3.8, 4) is 16.9 Å². The minimum absolute atomic E-state index is 0.0107. The standard InChI is InChI=1S/C19H17N3O4/c1-3-26-19(23)17-12-18(14-6-4-13(2)5-7-14)21(20-17)15-8-10-16(11-9-15)22(24)25/h4-12H,3H2,1-2H3. The summed E-state index contributed by atoms with van der Waals surface area (Å²) in [6, 6.07) is 15.4. The molecule has 0 bridgehead atoms. The summed E-state index contributed by atoms with van der Waals surface area (Å²) >= 11 is 0. The highest BCUT2D eigenvalue weighted by molar-refractivity contribution is 5.89. The molecule has 0 aliphatic carbocycles. The molecule has 3 aromatic rings. The number of ether oxygens (including phenoxy) is 1. The van der Waals surface area contributed by atoms with Gasteiger partial charge in [-0.15, -0.1) is 0 Å². The molecule has 3 rings (SSSR count). The van der Waals surface area contributed by atoms with E-state index in [1.165, 1.54) is 12.1 Å². The number of carbonyl (C=O) groups excluding carboxylic acids is 1. The molecule has 0 fully saturated rings. The first-order valence-electron chi connectivity index (χ1n) is 8.08. The summed E-state index contributed by atoms with van der Waals surface area (Å²) in [5.41, 5.74) is 3.46. The lowest BCUT2D eigenvalue weighted by molar-refractivity contribution is -0.384. The van der Waals surface area contributed by atoms with E-state index in [0.29, 0.717) is 11.4 Å². The molecule has 0 saturated heterocycles. The van der Waals surface area contributed by atoms with Gasteiger partial charge in [0.05, 0.1) is 22.9 Å². The molecule has 7 heteroatoms. The first-order valence-corrected chi connectivity index (χ1v) is 8.08. The van der Waals surface area contributed by atoms with Crippen molar-refractivity contribution in [2.24, 2.45) is 0 Å². The van der Waals surface area contributed by atoms with Crippen LogP contribution in [0.25, 0.3) is 16.9 Å². The molecule has 0 aliphatic rings. The Kier molecular flexibility index (Phi) is 4.79. The Morgan fingerprint density at radius 1 is 1.15 bits per heavy atom. The quantitative estimate of drug-likeness (QED) is 0.395. The predicted molar refractivity (Wildman–Crippen MR) is 96.3 cm³/mol. The number of nitro groups is 1. The van der Waals surface area contributed by atoms with E-state index in [0.717, 1.165) is 11.1 Å². The van der Waals surface area contributed by atoms with Gasteiger partial charge in [0.15, 0.2) is 5.69 Å². The van der Waals surface area contributed by atoms with Gasteiger partial charge in [-0.3, -0.25) is 10.1 Å². The maximum absolute atomic E-state index is 12.1. The Hall–Kier alpha value is -3.48. The number of aromatic nitrogens is 2. The fourth-order valence-corrected chi connectivity index (χ4v) is 2.53. The second-order valence-electron chi connectivity index (χ2n) is 5.69. The molecule has 1 aromatic heterocycles. The summed E-state index contributed by atoms with van der Waals surface area (Å²) in [6.07, 6.45) is 0. The monoisotopic (exact) mass is 351 g/mol. The van der Waals surface area contributed by atoms with Crippen LogP contribution in [0.2, 0.25) is 0 Å². The Balaban J connectivity index is 2.10. The molecule has 0 saturated carbocycles. The van der Waals surface area contributed by atoms with Gasteiger partial charge in [0, 0.05) is 17.7 Å². The number of carbonyl (C=O) groups is 1. The number of nitrogens with zero attached hydrogens (tertiary/aromatic N) is 3. The van der Waals surface area contributed by atoms with Gasteiger partial charge in [-0.25, -0.2) is 9.48 Å². The second-order valence-corrected chi connectivity index (χ2v) is 5.69. The molecule has 26 heavy (non-hydrogen) atoms. The van der Waals surface area contributed by atoms with Crippen molar-refractivity contribution in [3.63, 3.8) is 0 Å². The van der Waals surface area contributed by atoms with E-state index < -0.39 is 10.9 Å². The third-order valence-corrected chi connectivity index (χ3v) is 3.85. The van der Waals surface area contributed by atoms with Gasteiger partial charge < -0.3 is 4.74 Å². The molecule has 0 unspecified atom stereocenters. The number of benzene rings is 2. The van der Waals surface area contributed by atoms with Crippen LogP contribution in [0, 0.1) is 17.0 Å². The number of rotatable bonds is 5. The Labute approximate surface area is 150 Å². The average Bonchev–Trinajstić information content (AvgIpc) is 3.08. The van der Waals surface area contributed by atoms with E-state index in [1.807, 2.05) is 31.2 Å². The van der Waals surface area contributed by atoms with Gasteiger partial charge in [-0.1, -0.05) is 29.8 Å². The van der Waals surface area contributed by atoms with Crippen LogP contribution in [-0.4, -0.2) is 27.3 Å². The summed E-state index contributed by atoms with van der Waals surface area (Å²) in [5, 5.41) is 15.2. The van der Waals surface area contributed by atoms with E-state index >= 15 is 0 Å². The normalized spacial score (nSPS) is 10.5. The highest BCUT2D eigenvalue weighted by Crippen LogP contribution is 2.26. The first-order chi connectivity index (χ1) is 12.5. The lowest BCUT2D eigenvalue weighted by atomic mass is 10.1. The van der Waals surface area contributed by atoms with Crippen LogP contribution >= 0.6 is 0 Å². The summed E-state index contributed by atoms with van der Waals surface area (Å²) < 4.78 is 6.62. The van der Waals surface area contributed by atoms with Crippen LogP contribution in [-0.2, 0) is 4.74 Å². The van der Waals surface area contributed by atoms with E-state index in [4.69, 9.17) is 4.74 Å². The zero-order valence-electron chi connectivity index (χ0n) is 14.4. The minimum Gasteiger partial charge on any atom is -0.461 e. The van der Waals surface area contributed by atoms with Crippen LogP contribution in [0.4, 0.5) is 5.69 Å². The van der Waals surface area contributed by atoms with Crippen molar-refractivity contribution in [1.82, 2.24) is 9.78 Å². The molecule has 1 heterocycles. The molecule has 132 valence electrons. The topological polar surface area (TPSA) is 87.3 Å². The van der Waals surface area contributed by atoms with E-state index in [2.05, 4.69) is 5.10 Å². The maximum Gasteiger partial charge on any atom is 0.358 e. The summed E-state index contributed by atoms with van der Waals surface area (Å²) in [7, 11) is 0. The molecule has 0 amide bonds. The van der Waals surface area contributed by atoms with Gasteiger partial charge >= 0.3 is 5.97 Å². The molecule has 7 nitrogen and oxygen atoms in total. The first kappa shape index (κ1) is 17.3. The number of hydrogen-bond acceptors (Lipinski definition) is 5. The van der Waals surface area contributed by atoms with Crippen LogP contribution in [0.3, 0.4) is 0 Å². The molecule has 2 aromatic carbocycles. The number of hydrogen-bond donors (Lipinski definition) is 0. The predicted octanol–water partition coefficient (Wildman–Crippen LogP) is 3.93. The zero-order chi connectivity index (χ0) is 18.7. The Morgan fingerprint density at radius 3 is 2.38 bits per heavy atom. The van der Waals surface area contributed by atoms with Gasteiger partial charge in [0.25, 0.3) is 5.69 Å². The molecule has 0 spiro atoms. The SMILES string of the molecule is CCOC(=O)c1cc(-c2ccc(C)cc2)n(-c2ccc([N+](=O)[O-])cc2)n1. The summed E-state index contributed by atoms with van der Waals surface area (Å²) in [5.74, 6) is -0.512. The van der Waals surface area contributed by atoms with Gasteiger partial charge in [-0.2, -0.15) is 5.10 Å². The smallest absolute Gasteiger partial charge is 0.358 e. The zero-order valence-corrected chi connectivity index (χ0v) is 14.4. The minimum atomic E-state index is -0.512. The van der Waals surface area contributed by atoms with Crippen LogP contribution in [0.15, 0.2) is 54.6 Å². The molecular weight excluding hydrogens is 334 g/mol. The van der Waals surface area contributed by atoms with Crippen LogP contribution < -0.4 is 0 Å². The third-order valence-electron chi connectivity index (χ3n) is 3.85. The maximum atomic E-state index is 12.1. The van der Waals surface area contributed by atoms with Crippen molar-refractivity contribution in [2.45, 2.75) is 13.8 Å². The van der Waals surface area contributed by atoms with E-state index in [-0.39, 0.29) is 18.0 Å². The van der Waals surface area contributed by atoms with E-state index in [9.17, 15) is 14.9 Å². The second kappa shape index (κ2) is 7.18. The molecule has 0 atom stereocenters. The fourth-order valence-electron chi connectivity index (χ4n) is 2.53. The van der Waals surface area contributed by atoms with Crippen molar-refractivity contribution in [1.29, 1.82) is 0 Å². The lowest BCUT2D eigenvalue weighted by Crippen LogP contribution is -2.06. The van der Waals surface area contributed by atoms with Crippen LogP contribution in [0.1, 0.15) is 23.0 Å². The highest BCUT2D eigenvalue weighted by atomic mass is 16.6. The largest absolute Gasteiger partial charge is 0.461 e. The van der Waals surface area contributed by atoms with Crippen LogP contribution in [0.5, 0.6) is 0 Å². The highest BCUT2D eigenvalue weighted by Gasteiger charge is 2.18. The number of non-ortho nitro benzene ring substituents is 1. The number of nitro benzene ring substituents is 1. The van der Waals surface area contributed by atoms with Crippen molar-refractivity contribution in [2.75, 3.05) is 6.61 Å². The van der Waals surface area contributed by atoms with Crippen molar-refractivity contribution < 1.29 is 14.5 Å². The summed E-state index contributed by atoms with van der Waals surface area (Å²) in [4.78, 5) is 22.5. The number of esters is 1. The molecule has 0 radical (unpaired) electrons. The van der Waals surface area contributed by atoms with Gasteiger partial charge in [0.1, 0.15) is 0 Å². The summed E-state index contributed by atoms with van der Waals surface area (Å²) in [6.45, 7) is 3.97. The Bertz CT molecular complexity index is 944. The van der Waals surface area contributed by atoms with E-state index in [1.54, 1.807) is 29.8 Å². The van der Waals surface area contributed by atoms with Gasteiger partial charge in [-0.05, 0) is 32.0 Å². The Morgan fingerprint density at radius 2 is 1.81 bits per heavy atom. The third kappa shape index (κ3) is 3.46. The molecule has 0 aliphatic heterocycles. The lowest BCUT2D eigenvalue weighted by Gasteiger charge is -2.07. The molecule has 0 N–H and O–H groups in total. The fraction of sp³-hybridized carbons (Fsp3) is 0.158. The average molecular weight is 351 g/mol. The number of aryl methyl sites for hydroxylation is 1. The molecular formula is C19H17N3O4.